The van der Waals surface area contributed by atoms with Crippen LogP contribution in [-0.2, 0) is 0 Å². The van der Waals surface area contributed by atoms with Gasteiger partial charge in [0.2, 0.25) is 0 Å². The third-order valence-corrected chi connectivity index (χ3v) is 10.1. The summed E-state index contributed by atoms with van der Waals surface area (Å²) in [4.78, 5) is 8.66. The number of anilines is 4. The highest BCUT2D eigenvalue weighted by Gasteiger charge is 2.51. The highest BCUT2D eigenvalue weighted by atomic mass is 16.3. The van der Waals surface area contributed by atoms with Gasteiger partial charge in [-0.3, -0.25) is 0 Å². The first-order valence-electron chi connectivity index (χ1n) is 16.0. The summed E-state index contributed by atoms with van der Waals surface area (Å²) in [6.45, 7) is 0. The van der Waals surface area contributed by atoms with E-state index in [4.69, 9.17) is 0 Å². The highest BCUT2D eigenvalue weighted by Crippen LogP contribution is 2.54. The van der Waals surface area contributed by atoms with E-state index in [-0.39, 0.29) is 0 Å². The quantitative estimate of drug-likeness (QED) is 0.195. The minimum atomic E-state index is -0.750. The normalized spacial score (nSPS) is 19.5. The Balaban J connectivity index is 1.43. The van der Waals surface area contributed by atoms with Crippen LogP contribution in [0.15, 0.2) is 84.9 Å². The molecule has 0 saturated heterocycles. The first-order chi connectivity index (χ1) is 22.0. The minimum Gasteiger partial charge on any atom is -0.392 e. The number of hydrogen-bond acceptors (Lipinski definition) is 6. The van der Waals surface area contributed by atoms with E-state index in [1.54, 1.807) is 0 Å². The molecule has 0 aliphatic heterocycles. The summed E-state index contributed by atoms with van der Waals surface area (Å²) in [5.74, 6) is -0.838. The number of hydrogen-bond donors (Lipinski definition) is 2. The Kier molecular flexibility index (Phi) is 7.26. The van der Waals surface area contributed by atoms with Crippen molar-refractivity contribution in [3.63, 3.8) is 0 Å². The first-order valence-corrected chi connectivity index (χ1v) is 16.0. The van der Waals surface area contributed by atoms with Gasteiger partial charge < -0.3 is 29.8 Å². The van der Waals surface area contributed by atoms with Crippen molar-refractivity contribution in [2.24, 2.45) is 0 Å². The molecule has 1 aliphatic rings. The molecule has 6 aromatic rings. The number of fused-ring (bicyclic) bond motifs is 4. The summed E-state index contributed by atoms with van der Waals surface area (Å²) in [5.41, 5.74) is 6.49. The zero-order valence-electron chi connectivity index (χ0n) is 28.1. The molecular weight excluding hydrogens is 568 g/mol. The van der Waals surface area contributed by atoms with Crippen LogP contribution in [0.25, 0.3) is 43.1 Å². The molecule has 236 valence electrons. The Labute approximate surface area is 271 Å². The molecule has 0 amide bonds. The second-order valence-electron chi connectivity index (χ2n) is 13.7. The molecule has 1 saturated carbocycles. The van der Waals surface area contributed by atoms with Crippen LogP contribution in [0, 0.1) is 0 Å². The molecule has 46 heavy (non-hydrogen) atoms. The van der Waals surface area contributed by atoms with E-state index in [0.29, 0.717) is 0 Å². The second-order valence-corrected chi connectivity index (χ2v) is 13.7. The van der Waals surface area contributed by atoms with Crippen LogP contribution < -0.4 is 19.6 Å². The highest BCUT2D eigenvalue weighted by molar-refractivity contribution is 6.18. The Bertz CT molecular complexity index is 1970. The predicted molar refractivity (Wildman–Crippen MR) is 198 cm³/mol. The topological polar surface area (TPSA) is 53.4 Å². The van der Waals surface area contributed by atoms with Crippen LogP contribution in [0.2, 0.25) is 0 Å². The molecule has 0 atom stereocenters. The van der Waals surface area contributed by atoms with Crippen molar-refractivity contribution in [2.75, 3.05) is 76.0 Å². The summed E-state index contributed by atoms with van der Waals surface area (Å²) < 4.78 is 0. The smallest absolute Gasteiger partial charge is 0.0727 e. The van der Waals surface area contributed by atoms with Gasteiger partial charge in [-0.15, -0.1) is 0 Å². The van der Waals surface area contributed by atoms with E-state index < -0.39 is 24.0 Å². The lowest BCUT2D eigenvalue weighted by atomic mass is 9.62. The minimum absolute atomic E-state index is 0.419. The maximum atomic E-state index is 12.1. The fourth-order valence-electron chi connectivity index (χ4n) is 8.01. The van der Waals surface area contributed by atoms with Gasteiger partial charge in [0.25, 0.3) is 0 Å². The molecule has 0 heterocycles. The number of rotatable bonds is 6. The average molecular weight is 613 g/mol. The zero-order valence-corrected chi connectivity index (χ0v) is 28.1. The Morgan fingerprint density at radius 2 is 0.804 bits per heavy atom. The van der Waals surface area contributed by atoms with Gasteiger partial charge in [0.1, 0.15) is 0 Å². The summed E-state index contributed by atoms with van der Waals surface area (Å²) in [6, 6.07) is 29.9. The third-order valence-electron chi connectivity index (χ3n) is 10.1. The Morgan fingerprint density at radius 1 is 0.435 bits per heavy atom. The maximum absolute atomic E-state index is 12.1. The third kappa shape index (κ3) is 4.38. The van der Waals surface area contributed by atoms with Crippen LogP contribution >= 0.6 is 0 Å². The van der Waals surface area contributed by atoms with E-state index >= 15 is 0 Å². The van der Waals surface area contributed by atoms with E-state index in [1.807, 2.05) is 0 Å². The molecule has 0 unspecified atom stereocenters. The van der Waals surface area contributed by atoms with Gasteiger partial charge in [0.05, 0.1) is 23.6 Å². The molecule has 0 aromatic heterocycles. The van der Waals surface area contributed by atoms with Crippen molar-refractivity contribution in [1.82, 2.24) is 0 Å². The monoisotopic (exact) mass is 612 g/mol. The van der Waals surface area contributed by atoms with Crippen LogP contribution in [0.1, 0.15) is 23.0 Å². The van der Waals surface area contributed by atoms with Crippen LogP contribution in [0.5, 0.6) is 0 Å². The van der Waals surface area contributed by atoms with Gasteiger partial charge in [-0.25, -0.2) is 0 Å². The van der Waals surface area contributed by atoms with Gasteiger partial charge in [0.15, 0.2) is 0 Å². The second kappa shape index (κ2) is 11.1. The molecule has 6 aromatic carbocycles. The van der Waals surface area contributed by atoms with Gasteiger partial charge in [0, 0.05) is 101 Å². The van der Waals surface area contributed by atoms with Gasteiger partial charge in [-0.2, -0.15) is 0 Å². The van der Waals surface area contributed by atoms with E-state index in [1.165, 1.54) is 10.8 Å². The van der Waals surface area contributed by atoms with E-state index in [2.05, 4.69) is 161 Å². The molecule has 6 heteroatoms. The van der Waals surface area contributed by atoms with Crippen molar-refractivity contribution >= 4 is 65.8 Å². The molecular formula is C40H44N4O2. The molecule has 2 N–H and O–H groups in total. The van der Waals surface area contributed by atoms with Crippen molar-refractivity contribution in [1.29, 1.82) is 0 Å². The Hall–Kier alpha value is -4.52. The molecule has 6 nitrogen and oxygen atoms in total. The summed E-state index contributed by atoms with van der Waals surface area (Å²) in [7, 11) is 16.6. The molecule has 0 radical (unpaired) electrons. The lowest BCUT2D eigenvalue weighted by molar-refractivity contribution is -0.0775. The summed E-state index contributed by atoms with van der Waals surface area (Å²) >= 11 is 0. The predicted octanol–water partition coefficient (Wildman–Crippen LogP) is 7.17. The largest absolute Gasteiger partial charge is 0.392 e. The van der Waals surface area contributed by atoms with Gasteiger partial charge >= 0.3 is 0 Å². The first kappa shape index (κ1) is 30.2. The fraction of sp³-hybridized carbons (Fsp3) is 0.300. The number of aliphatic hydroxyl groups excluding tert-OH is 2. The maximum Gasteiger partial charge on any atom is 0.0727 e. The Morgan fingerprint density at radius 3 is 1.15 bits per heavy atom. The van der Waals surface area contributed by atoms with E-state index in [0.717, 1.165) is 66.2 Å². The van der Waals surface area contributed by atoms with Crippen molar-refractivity contribution in [3.05, 3.63) is 96.1 Å². The van der Waals surface area contributed by atoms with E-state index in [9.17, 15) is 10.2 Å². The van der Waals surface area contributed by atoms with Crippen molar-refractivity contribution in [3.8, 4) is 0 Å². The van der Waals surface area contributed by atoms with Gasteiger partial charge in [-0.1, -0.05) is 60.7 Å². The van der Waals surface area contributed by atoms with Crippen LogP contribution in [0.4, 0.5) is 22.7 Å². The SMILES string of the molecule is CN(C)c1ccc(C2C(O)C(c3ccc(N(C)C)c4c(N(C)C)c5ccccc5cc34)C2O)c2cc3ccccc3c(N(C)C)c12. The fourth-order valence-corrected chi connectivity index (χ4v) is 8.01. The molecule has 0 bridgehead atoms. The number of nitrogens with zero attached hydrogens (tertiary/aromatic N) is 4. The number of benzene rings is 6. The van der Waals surface area contributed by atoms with Gasteiger partial charge in [-0.05, 0) is 56.9 Å². The lowest BCUT2D eigenvalue weighted by Gasteiger charge is -2.48. The van der Waals surface area contributed by atoms with Crippen LogP contribution in [0.3, 0.4) is 0 Å². The standard InChI is InChI=1S/C40H44N4O2/c1-41(2)31-19-17-27(29-21-23-13-9-11-15-25(23)37(33(29)31)43(5)6)35-39(45)36(40(35)46)28-18-20-32(42(3)4)34-30(28)22-24-14-10-12-16-26(24)38(34)44(7)8/h9-22,35-36,39-40,45-46H,1-8H3. The van der Waals surface area contributed by atoms with Crippen LogP contribution in [-0.4, -0.2) is 78.8 Å². The lowest BCUT2D eigenvalue weighted by Crippen LogP contribution is -2.51. The summed E-state index contributed by atoms with van der Waals surface area (Å²) in [6.07, 6.45) is -1.50. The molecule has 1 fully saturated rings. The summed E-state index contributed by atoms with van der Waals surface area (Å²) in [5, 5.41) is 33.3. The number of aliphatic hydroxyl groups is 2. The average Bonchev–Trinajstić information content (AvgIpc) is 3.02. The molecule has 7 rings (SSSR count). The van der Waals surface area contributed by atoms with Crippen molar-refractivity contribution in [2.45, 2.75) is 24.0 Å². The molecule has 1 aliphatic carbocycles. The van der Waals surface area contributed by atoms with Crippen molar-refractivity contribution < 1.29 is 10.2 Å². The zero-order chi connectivity index (χ0) is 32.6. The molecule has 0 spiro atoms.